The number of anilines is 1. The lowest BCUT2D eigenvalue weighted by molar-refractivity contribution is -0.609. The Bertz CT molecular complexity index is 1720. The SMILES string of the molecule is CCOc1cc(CC)cc(C([NH2+]c2ccc3c(N)nccc3c2)c2ncc(-c3cccc(F)c3C(N)=O)[nH]2)c1F. The number of primary amides is 1. The minimum absolute atomic E-state index is 0.153. The van der Waals surface area contributed by atoms with Crippen LogP contribution in [0.1, 0.15) is 47.2 Å². The second-order valence-corrected chi connectivity index (χ2v) is 9.31. The summed E-state index contributed by atoms with van der Waals surface area (Å²) in [6.45, 7) is 4.08. The molecule has 7 N–H and O–H groups in total. The number of amides is 1. The Kier molecular flexibility index (Phi) is 7.43. The van der Waals surface area contributed by atoms with Crippen LogP contribution in [0.15, 0.2) is 67.0 Å². The van der Waals surface area contributed by atoms with E-state index in [1.165, 1.54) is 18.3 Å². The molecule has 40 heavy (non-hydrogen) atoms. The van der Waals surface area contributed by atoms with Crippen molar-refractivity contribution < 1.29 is 23.6 Å². The van der Waals surface area contributed by atoms with Crippen LogP contribution in [0, 0.1) is 11.6 Å². The second kappa shape index (κ2) is 11.1. The highest BCUT2D eigenvalue weighted by atomic mass is 19.1. The number of imidazole rings is 1. The van der Waals surface area contributed by atoms with Gasteiger partial charge in [-0.15, -0.1) is 0 Å². The number of nitrogen functional groups attached to an aromatic ring is 1. The fraction of sp³-hybridized carbons (Fsp3) is 0.167. The van der Waals surface area contributed by atoms with E-state index in [9.17, 15) is 9.18 Å². The Hall–Kier alpha value is -4.83. The number of aromatic amines is 1. The molecule has 5 rings (SSSR count). The first-order chi connectivity index (χ1) is 19.3. The van der Waals surface area contributed by atoms with E-state index in [4.69, 9.17) is 16.2 Å². The van der Waals surface area contributed by atoms with Crippen molar-refractivity contribution >= 4 is 28.2 Å². The van der Waals surface area contributed by atoms with Gasteiger partial charge in [0.1, 0.15) is 17.3 Å². The van der Waals surface area contributed by atoms with Gasteiger partial charge < -0.3 is 26.5 Å². The molecule has 0 fully saturated rings. The van der Waals surface area contributed by atoms with Gasteiger partial charge in [0.15, 0.2) is 23.4 Å². The summed E-state index contributed by atoms with van der Waals surface area (Å²) >= 11 is 0. The molecular formula is C30H29F2N6O2+. The number of aryl methyl sites for hydroxylation is 1. The smallest absolute Gasteiger partial charge is 0.252 e. The lowest BCUT2D eigenvalue weighted by Gasteiger charge is -2.18. The molecule has 1 unspecified atom stereocenters. The number of fused-ring (bicyclic) bond motifs is 1. The maximum Gasteiger partial charge on any atom is 0.252 e. The number of nitrogens with two attached hydrogens (primary N) is 3. The van der Waals surface area contributed by atoms with Gasteiger partial charge >= 0.3 is 0 Å². The van der Waals surface area contributed by atoms with Crippen LogP contribution in [0.3, 0.4) is 0 Å². The standard InChI is InChI=1S/C30H28F2N6O2/c1-3-16-12-21(26(32)24(13-16)40-4-2)27(37-18-8-9-19-17(14-18)10-11-35-28(19)33)30-36-15-23(38-30)20-6-5-7-22(31)25(20)29(34)39/h5-15,27,37H,3-4H2,1-2H3,(H2,33,35)(H2,34,39)(H,36,38)/p+1. The molecule has 10 heteroatoms. The summed E-state index contributed by atoms with van der Waals surface area (Å²) in [6.07, 6.45) is 3.78. The maximum absolute atomic E-state index is 16.0. The number of hydrogen-bond donors (Lipinski definition) is 4. The minimum Gasteiger partial charge on any atom is -0.491 e. The molecule has 5 aromatic rings. The lowest BCUT2D eigenvalue weighted by Crippen LogP contribution is -2.80. The average molecular weight is 544 g/mol. The van der Waals surface area contributed by atoms with Gasteiger partial charge in [-0.25, -0.2) is 18.7 Å². The number of H-pyrrole nitrogens is 1. The zero-order chi connectivity index (χ0) is 28.4. The van der Waals surface area contributed by atoms with Crippen LogP contribution in [0.5, 0.6) is 5.75 Å². The number of benzene rings is 3. The van der Waals surface area contributed by atoms with Gasteiger partial charge in [0.2, 0.25) is 0 Å². The molecule has 3 aromatic carbocycles. The zero-order valence-corrected chi connectivity index (χ0v) is 22.0. The first-order valence-corrected chi connectivity index (χ1v) is 12.9. The van der Waals surface area contributed by atoms with Crippen LogP contribution in [-0.4, -0.2) is 27.5 Å². The van der Waals surface area contributed by atoms with Crippen LogP contribution >= 0.6 is 0 Å². The molecule has 204 valence electrons. The van der Waals surface area contributed by atoms with Crippen LogP contribution in [-0.2, 0) is 6.42 Å². The number of pyridine rings is 1. The number of halogens is 2. The van der Waals surface area contributed by atoms with Gasteiger partial charge in [-0.05, 0) is 60.7 Å². The molecule has 2 aromatic heterocycles. The first-order valence-electron chi connectivity index (χ1n) is 12.9. The third-order valence-corrected chi connectivity index (χ3v) is 6.79. The average Bonchev–Trinajstić information content (AvgIpc) is 3.43. The number of rotatable bonds is 9. The van der Waals surface area contributed by atoms with E-state index >= 15 is 4.39 Å². The fourth-order valence-electron chi connectivity index (χ4n) is 4.83. The molecule has 0 saturated heterocycles. The van der Waals surface area contributed by atoms with E-state index in [2.05, 4.69) is 15.0 Å². The molecule has 1 amide bonds. The van der Waals surface area contributed by atoms with E-state index in [1.807, 2.05) is 36.5 Å². The number of nitrogens with zero attached hydrogens (tertiary/aromatic N) is 2. The summed E-state index contributed by atoms with van der Waals surface area (Å²) in [5, 5.41) is 3.57. The molecule has 0 saturated carbocycles. The molecule has 0 radical (unpaired) electrons. The monoisotopic (exact) mass is 543 g/mol. The fourth-order valence-corrected chi connectivity index (χ4v) is 4.83. The topological polar surface area (TPSA) is 137 Å². The van der Waals surface area contributed by atoms with Gasteiger partial charge in [0.25, 0.3) is 5.91 Å². The predicted octanol–water partition coefficient (Wildman–Crippen LogP) is 4.53. The van der Waals surface area contributed by atoms with Crippen LogP contribution in [0.4, 0.5) is 20.3 Å². The summed E-state index contributed by atoms with van der Waals surface area (Å²) in [6, 6.07) is 14.6. The van der Waals surface area contributed by atoms with Gasteiger partial charge in [0.05, 0.1) is 29.6 Å². The van der Waals surface area contributed by atoms with Crippen molar-refractivity contribution in [3.63, 3.8) is 0 Å². The van der Waals surface area contributed by atoms with E-state index < -0.39 is 23.6 Å². The highest BCUT2D eigenvalue weighted by Gasteiger charge is 2.29. The van der Waals surface area contributed by atoms with Gasteiger partial charge in [-0.3, -0.25) is 4.79 Å². The Morgan fingerprint density at radius 1 is 1.10 bits per heavy atom. The number of carbonyl (C=O) groups excluding carboxylic acids is 1. The van der Waals surface area contributed by atoms with Gasteiger partial charge in [-0.2, -0.15) is 0 Å². The number of hydrogen-bond acceptors (Lipinski definition) is 5. The third-order valence-electron chi connectivity index (χ3n) is 6.79. The van der Waals surface area contributed by atoms with Gasteiger partial charge in [0, 0.05) is 23.2 Å². The van der Waals surface area contributed by atoms with Crippen molar-refractivity contribution in [1.82, 2.24) is 15.0 Å². The normalized spacial score (nSPS) is 12.0. The number of aromatic nitrogens is 3. The second-order valence-electron chi connectivity index (χ2n) is 9.31. The maximum atomic E-state index is 16.0. The molecule has 0 aliphatic rings. The summed E-state index contributed by atoms with van der Waals surface area (Å²) in [5.41, 5.74) is 13.9. The molecule has 0 bridgehead atoms. The van der Waals surface area contributed by atoms with Crippen molar-refractivity contribution in [2.75, 3.05) is 12.3 Å². The van der Waals surface area contributed by atoms with Crippen LogP contribution in [0.25, 0.3) is 22.0 Å². The number of nitrogens with one attached hydrogen (secondary N) is 1. The Balaban J connectivity index is 1.66. The summed E-state index contributed by atoms with van der Waals surface area (Å²) in [7, 11) is 0. The van der Waals surface area contributed by atoms with Crippen molar-refractivity contribution in [2.24, 2.45) is 5.73 Å². The highest BCUT2D eigenvalue weighted by Crippen LogP contribution is 2.32. The Morgan fingerprint density at radius 2 is 1.93 bits per heavy atom. The van der Waals surface area contributed by atoms with Crippen molar-refractivity contribution in [3.8, 4) is 17.0 Å². The molecule has 2 heterocycles. The molecule has 0 spiro atoms. The molecule has 1 atom stereocenters. The minimum atomic E-state index is -0.902. The summed E-state index contributed by atoms with van der Waals surface area (Å²) in [4.78, 5) is 23.9. The molecule has 8 nitrogen and oxygen atoms in total. The van der Waals surface area contributed by atoms with Crippen molar-refractivity contribution in [2.45, 2.75) is 26.3 Å². The largest absolute Gasteiger partial charge is 0.491 e. The predicted molar refractivity (Wildman–Crippen MR) is 149 cm³/mol. The summed E-state index contributed by atoms with van der Waals surface area (Å²) in [5.74, 6) is -1.19. The van der Waals surface area contributed by atoms with E-state index in [-0.39, 0.29) is 16.9 Å². The number of carbonyl (C=O) groups is 1. The summed E-state index contributed by atoms with van der Waals surface area (Å²) < 4.78 is 36.1. The van der Waals surface area contributed by atoms with Crippen LogP contribution in [0.2, 0.25) is 0 Å². The van der Waals surface area contributed by atoms with E-state index in [0.29, 0.717) is 35.9 Å². The van der Waals surface area contributed by atoms with Crippen molar-refractivity contribution in [3.05, 3.63) is 101 Å². The quantitative estimate of drug-likeness (QED) is 0.203. The van der Waals surface area contributed by atoms with Gasteiger partial charge in [-0.1, -0.05) is 19.1 Å². The lowest BCUT2D eigenvalue weighted by atomic mass is 9.99. The zero-order valence-electron chi connectivity index (χ0n) is 22.0. The Labute approximate surface area is 229 Å². The molecular weight excluding hydrogens is 514 g/mol. The van der Waals surface area contributed by atoms with E-state index in [0.717, 1.165) is 22.0 Å². The molecule has 0 aliphatic heterocycles. The highest BCUT2D eigenvalue weighted by molar-refractivity contribution is 5.99. The van der Waals surface area contributed by atoms with E-state index in [1.54, 1.807) is 31.3 Å². The molecule has 0 aliphatic carbocycles. The number of ether oxygens (including phenoxy) is 1. The number of quaternary nitrogens is 1. The first kappa shape index (κ1) is 26.8. The van der Waals surface area contributed by atoms with Crippen molar-refractivity contribution in [1.29, 1.82) is 0 Å². The third kappa shape index (κ3) is 5.08. The van der Waals surface area contributed by atoms with Crippen LogP contribution < -0.4 is 21.5 Å². The Morgan fingerprint density at radius 3 is 2.67 bits per heavy atom.